The van der Waals surface area contributed by atoms with Gasteiger partial charge in [-0.15, -0.1) is 0 Å². The molecule has 0 aromatic carbocycles. The Kier molecular flexibility index (Phi) is 4.70. The number of amides is 1. The summed E-state index contributed by atoms with van der Waals surface area (Å²) in [6.45, 7) is 4.13. The Morgan fingerprint density at radius 2 is 2.10 bits per heavy atom. The molecule has 1 aliphatic heterocycles. The van der Waals surface area contributed by atoms with Crippen LogP contribution >= 0.6 is 0 Å². The minimum absolute atomic E-state index is 0.00566. The molecule has 0 aliphatic carbocycles. The molecule has 0 spiro atoms. The predicted octanol–water partition coefficient (Wildman–Crippen LogP) is 0.152. The van der Waals surface area contributed by atoms with E-state index >= 15 is 0 Å². The number of aromatic nitrogens is 1. The molecule has 21 heavy (non-hydrogen) atoms. The molecule has 7 nitrogen and oxygen atoms in total. The Balaban J connectivity index is 2.45. The van der Waals surface area contributed by atoms with Crippen LogP contribution in [0.1, 0.15) is 36.3 Å². The standard InChI is InChI=1S/C13H22N4O3S/c1-3-16(2)13(18)12-8-11(21(14,19)20)9-17(12)10-4-6-15-7-5-10/h8-10,15H,3-7H2,1-2H3,(H2,14,19,20). The first-order valence-corrected chi connectivity index (χ1v) is 8.60. The number of piperidine rings is 1. The molecule has 0 unspecified atom stereocenters. The summed E-state index contributed by atoms with van der Waals surface area (Å²) in [5.74, 6) is -0.189. The molecule has 1 saturated heterocycles. The van der Waals surface area contributed by atoms with Crippen molar-refractivity contribution in [3.05, 3.63) is 18.0 Å². The zero-order chi connectivity index (χ0) is 15.6. The Hall–Kier alpha value is -1.38. The number of nitrogens with one attached hydrogen (secondary N) is 1. The number of rotatable bonds is 4. The second kappa shape index (κ2) is 6.17. The van der Waals surface area contributed by atoms with Crippen LogP contribution in [-0.4, -0.2) is 50.5 Å². The molecular weight excluding hydrogens is 292 g/mol. The summed E-state index contributed by atoms with van der Waals surface area (Å²) >= 11 is 0. The number of sulfonamides is 1. The van der Waals surface area contributed by atoms with Crippen molar-refractivity contribution in [2.45, 2.75) is 30.7 Å². The summed E-state index contributed by atoms with van der Waals surface area (Å²) < 4.78 is 24.9. The average molecular weight is 314 g/mol. The predicted molar refractivity (Wildman–Crippen MR) is 79.6 cm³/mol. The van der Waals surface area contributed by atoms with Gasteiger partial charge in [0.25, 0.3) is 5.91 Å². The van der Waals surface area contributed by atoms with Crippen molar-refractivity contribution in [3.8, 4) is 0 Å². The lowest BCUT2D eigenvalue weighted by molar-refractivity contribution is 0.0788. The Labute approximate surface area is 125 Å². The number of carbonyl (C=O) groups is 1. The van der Waals surface area contributed by atoms with E-state index in [-0.39, 0.29) is 16.8 Å². The molecule has 1 fully saturated rings. The molecule has 3 N–H and O–H groups in total. The number of nitrogens with zero attached hydrogens (tertiary/aromatic N) is 2. The lowest BCUT2D eigenvalue weighted by Crippen LogP contribution is -2.33. The van der Waals surface area contributed by atoms with Crippen molar-refractivity contribution in [1.82, 2.24) is 14.8 Å². The molecule has 0 bridgehead atoms. The first kappa shape index (κ1) is 16.0. The van der Waals surface area contributed by atoms with Gasteiger partial charge in [-0.05, 0) is 38.9 Å². The van der Waals surface area contributed by atoms with E-state index < -0.39 is 10.0 Å². The number of primary sulfonamides is 1. The van der Waals surface area contributed by atoms with Gasteiger partial charge in [-0.3, -0.25) is 4.79 Å². The van der Waals surface area contributed by atoms with Gasteiger partial charge in [-0.2, -0.15) is 0 Å². The van der Waals surface area contributed by atoms with E-state index in [2.05, 4.69) is 5.32 Å². The second-order valence-corrected chi connectivity index (χ2v) is 6.88. The van der Waals surface area contributed by atoms with Gasteiger partial charge in [0, 0.05) is 25.8 Å². The number of hydrogen-bond acceptors (Lipinski definition) is 4. The first-order chi connectivity index (χ1) is 9.84. The molecular formula is C13H22N4O3S. The van der Waals surface area contributed by atoms with Gasteiger partial charge in [-0.25, -0.2) is 13.6 Å². The fourth-order valence-electron chi connectivity index (χ4n) is 2.51. The van der Waals surface area contributed by atoms with Crippen molar-refractivity contribution in [2.24, 2.45) is 5.14 Å². The average Bonchev–Trinajstić information content (AvgIpc) is 2.91. The maximum atomic E-state index is 12.4. The third-order valence-corrected chi connectivity index (χ3v) is 4.77. The third kappa shape index (κ3) is 3.45. The Morgan fingerprint density at radius 1 is 1.48 bits per heavy atom. The molecule has 0 saturated carbocycles. The molecule has 1 aromatic rings. The molecule has 0 radical (unpaired) electrons. The van der Waals surface area contributed by atoms with Crippen molar-refractivity contribution >= 4 is 15.9 Å². The normalized spacial score (nSPS) is 16.9. The van der Waals surface area contributed by atoms with E-state index in [1.165, 1.54) is 12.3 Å². The quantitative estimate of drug-likeness (QED) is 0.827. The molecule has 8 heteroatoms. The molecule has 2 rings (SSSR count). The fraction of sp³-hybridized carbons (Fsp3) is 0.615. The van der Waals surface area contributed by atoms with E-state index in [1.807, 2.05) is 6.92 Å². The van der Waals surface area contributed by atoms with Crippen molar-refractivity contribution < 1.29 is 13.2 Å². The second-order valence-electron chi connectivity index (χ2n) is 5.31. The number of nitrogens with two attached hydrogens (primary N) is 1. The minimum Gasteiger partial charge on any atom is -0.341 e. The summed E-state index contributed by atoms with van der Waals surface area (Å²) in [5, 5.41) is 8.45. The highest BCUT2D eigenvalue weighted by molar-refractivity contribution is 7.89. The molecule has 0 atom stereocenters. The van der Waals surface area contributed by atoms with Crippen LogP contribution in [0.4, 0.5) is 0 Å². The third-order valence-electron chi connectivity index (χ3n) is 3.89. The molecule has 118 valence electrons. The van der Waals surface area contributed by atoms with E-state index in [4.69, 9.17) is 5.14 Å². The molecule has 2 heterocycles. The smallest absolute Gasteiger partial charge is 0.270 e. The van der Waals surface area contributed by atoms with Gasteiger partial charge in [0.15, 0.2) is 0 Å². The van der Waals surface area contributed by atoms with Gasteiger partial charge < -0.3 is 14.8 Å². The monoisotopic (exact) mass is 314 g/mol. The SMILES string of the molecule is CCN(C)C(=O)c1cc(S(N)(=O)=O)cn1C1CCNCC1. The van der Waals surface area contributed by atoms with Gasteiger partial charge >= 0.3 is 0 Å². The lowest BCUT2D eigenvalue weighted by atomic mass is 10.1. The summed E-state index contributed by atoms with van der Waals surface area (Å²) in [4.78, 5) is 14.0. The topological polar surface area (TPSA) is 97.4 Å². The largest absolute Gasteiger partial charge is 0.341 e. The van der Waals surface area contributed by atoms with Crippen LogP contribution in [0.25, 0.3) is 0 Å². The molecule has 1 aliphatic rings. The van der Waals surface area contributed by atoms with Gasteiger partial charge in [0.05, 0.1) is 0 Å². The van der Waals surface area contributed by atoms with E-state index in [1.54, 1.807) is 16.5 Å². The highest BCUT2D eigenvalue weighted by Crippen LogP contribution is 2.25. The van der Waals surface area contributed by atoms with Crippen LogP contribution in [-0.2, 0) is 10.0 Å². The van der Waals surface area contributed by atoms with Crippen LogP contribution in [0, 0.1) is 0 Å². The Morgan fingerprint density at radius 3 is 2.62 bits per heavy atom. The minimum atomic E-state index is -3.82. The maximum absolute atomic E-state index is 12.4. The summed E-state index contributed by atoms with van der Waals surface area (Å²) in [6, 6.07) is 1.50. The van der Waals surface area contributed by atoms with Crippen LogP contribution in [0.15, 0.2) is 17.2 Å². The van der Waals surface area contributed by atoms with Crippen LogP contribution < -0.4 is 10.5 Å². The number of hydrogen-bond donors (Lipinski definition) is 2. The maximum Gasteiger partial charge on any atom is 0.270 e. The number of carbonyl (C=O) groups excluding carboxylic acids is 1. The zero-order valence-electron chi connectivity index (χ0n) is 12.4. The lowest BCUT2D eigenvalue weighted by Gasteiger charge is -2.26. The van der Waals surface area contributed by atoms with Crippen LogP contribution in [0.3, 0.4) is 0 Å². The van der Waals surface area contributed by atoms with Gasteiger partial charge in [-0.1, -0.05) is 0 Å². The Bertz CT molecular complexity index is 617. The highest BCUT2D eigenvalue weighted by atomic mass is 32.2. The molecule has 1 aromatic heterocycles. The first-order valence-electron chi connectivity index (χ1n) is 7.05. The van der Waals surface area contributed by atoms with Gasteiger partial charge in [0.1, 0.15) is 10.6 Å². The van der Waals surface area contributed by atoms with Gasteiger partial charge in [0.2, 0.25) is 10.0 Å². The summed E-state index contributed by atoms with van der Waals surface area (Å²) in [6.07, 6.45) is 3.20. The van der Waals surface area contributed by atoms with Crippen molar-refractivity contribution in [2.75, 3.05) is 26.7 Å². The van der Waals surface area contributed by atoms with Crippen molar-refractivity contribution in [1.29, 1.82) is 0 Å². The highest BCUT2D eigenvalue weighted by Gasteiger charge is 2.25. The summed E-state index contributed by atoms with van der Waals surface area (Å²) in [7, 11) is -2.12. The summed E-state index contributed by atoms with van der Waals surface area (Å²) in [5.41, 5.74) is 0.385. The fourth-order valence-corrected chi connectivity index (χ4v) is 3.04. The van der Waals surface area contributed by atoms with E-state index in [0.29, 0.717) is 12.2 Å². The molecule has 1 amide bonds. The van der Waals surface area contributed by atoms with Crippen LogP contribution in [0.5, 0.6) is 0 Å². The van der Waals surface area contributed by atoms with Crippen molar-refractivity contribution in [3.63, 3.8) is 0 Å². The zero-order valence-corrected chi connectivity index (χ0v) is 13.2. The van der Waals surface area contributed by atoms with E-state index in [9.17, 15) is 13.2 Å². The van der Waals surface area contributed by atoms with E-state index in [0.717, 1.165) is 25.9 Å². The van der Waals surface area contributed by atoms with Crippen LogP contribution in [0.2, 0.25) is 0 Å².